The number of alkyl halides is 1. The largest absolute Gasteiger partial charge is 0.129 e. The van der Waals surface area contributed by atoms with Crippen LogP contribution in [0.15, 0.2) is 18.2 Å². The van der Waals surface area contributed by atoms with E-state index in [1.54, 1.807) is 0 Å². The second-order valence-electron chi connectivity index (χ2n) is 2.99. The van der Waals surface area contributed by atoms with Gasteiger partial charge in [0.2, 0.25) is 0 Å². The van der Waals surface area contributed by atoms with Crippen LogP contribution in [0.3, 0.4) is 0 Å². The number of thiophene rings is 1. The fraction of sp³-hybridized carbons (Fsp3) is 0.200. The highest BCUT2D eigenvalue weighted by atomic mass is 127. The summed E-state index contributed by atoms with van der Waals surface area (Å²) < 4.78 is 2.79. The molecule has 0 saturated carbocycles. The number of rotatable bonds is 1. The zero-order valence-corrected chi connectivity index (χ0v) is 11.7. The molecule has 0 amide bonds. The lowest BCUT2D eigenvalue weighted by Gasteiger charge is -1.95. The van der Waals surface area contributed by atoms with E-state index in [1.807, 2.05) is 11.3 Å². The van der Waals surface area contributed by atoms with Crippen LogP contribution in [0.5, 0.6) is 0 Å². The Hall–Kier alpha value is 0.390. The lowest BCUT2D eigenvalue weighted by molar-refractivity contribution is 1.47. The molecule has 0 spiro atoms. The zero-order chi connectivity index (χ0) is 9.42. The molecule has 2 aromatic rings. The molecule has 0 atom stereocenters. The highest BCUT2D eigenvalue weighted by Crippen LogP contribution is 2.34. The summed E-state index contributed by atoms with van der Waals surface area (Å²) in [5.74, 6) is 0. The van der Waals surface area contributed by atoms with Gasteiger partial charge in [-0.25, -0.2) is 0 Å². The SMILES string of the molecule is Cc1ccc2sc(I)c(CBr)c2c1. The quantitative estimate of drug-likeness (QED) is 0.506. The Kier molecular flexibility index (Phi) is 2.95. The molecule has 0 bridgehead atoms. The van der Waals surface area contributed by atoms with E-state index >= 15 is 0 Å². The topological polar surface area (TPSA) is 0 Å². The summed E-state index contributed by atoms with van der Waals surface area (Å²) in [6, 6.07) is 6.65. The van der Waals surface area contributed by atoms with Crippen LogP contribution < -0.4 is 0 Å². The summed E-state index contributed by atoms with van der Waals surface area (Å²) in [6.45, 7) is 2.14. The third-order valence-corrected chi connectivity index (χ3v) is 4.90. The maximum absolute atomic E-state index is 3.54. The highest BCUT2D eigenvalue weighted by Gasteiger charge is 2.08. The standard InChI is InChI=1S/C10H8BrIS/c1-6-2-3-9-7(4-6)8(5-11)10(12)13-9/h2-4H,5H2,1H3. The van der Waals surface area contributed by atoms with Crippen molar-refractivity contribution in [3.8, 4) is 0 Å². The van der Waals surface area contributed by atoms with Crippen LogP contribution >= 0.6 is 49.9 Å². The van der Waals surface area contributed by atoms with Crippen LogP contribution in [0.2, 0.25) is 0 Å². The van der Waals surface area contributed by atoms with Crippen molar-refractivity contribution in [1.82, 2.24) is 0 Å². The molecule has 1 aromatic heterocycles. The third-order valence-electron chi connectivity index (χ3n) is 2.03. The van der Waals surface area contributed by atoms with Crippen LogP contribution in [0.4, 0.5) is 0 Å². The first-order valence-electron chi connectivity index (χ1n) is 3.96. The van der Waals surface area contributed by atoms with Crippen molar-refractivity contribution in [3.05, 3.63) is 32.2 Å². The van der Waals surface area contributed by atoms with Gasteiger partial charge in [0, 0.05) is 10.0 Å². The zero-order valence-electron chi connectivity index (χ0n) is 7.10. The van der Waals surface area contributed by atoms with Gasteiger partial charge in [-0.15, -0.1) is 11.3 Å². The van der Waals surface area contributed by atoms with Gasteiger partial charge in [-0.3, -0.25) is 0 Å². The molecule has 2 rings (SSSR count). The molecule has 0 aliphatic carbocycles. The van der Waals surface area contributed by atoms with Crippen molar-refractivity contribution in [2.75, 3.05) is 0 Å². The van der Waals surface area contributed by atoms with Crippen LogP contribution in [0, 0.1) is 9.81 Å². The molecule has 0 radical (unpaired) electrons. The molecule has 0 aliphatic rings. The summed E-state index contributed by atoms with van der Waals surface area (Å²) in [7, 11) is 0. The Morgan fingerprint density at radius 1 is 1.46 bits per heavy atom. The highest BCUT2D eigenvalue weighted by molar-refractivity contribution is 14.1. The minimum absolute atomic E-state index is 0.953. The Balaban J connectivity index is 2.80. The van der Waals surface area contributed by atoms with E-state index in [4.69, 9.17) is 0 Å². The summed E-state index contributed by atoms with van der Waals surface area (Å²) in [5, 5.41) is 2.36. The van der Waals surface area contributed by atoms with Crippen LogP contribution in [0.25, 0.3) is 10.1 Å². The maximum Gasteiger partial charge on any atom is 0.0706 e. The molecule has 13 heavy (non-hydrogen) atoms. The van der Waals surface area contributed by atoms with E-state index in [-0.39, 0.29) is 0 Å². The number of fused-ring (bicyclic) bond motifs is 1. The van der Waals surface area contributed by atoms with Gasteiger partial charge in [-0.1, -0.05) is 33.6 Å². The van der Waals surface area contributed by atoms with E-state index in [2.05, 4.69) is 63.6 Å². The van der Waals surface area contributed by atoms with Crippen molar-refractivity contribution < 1.29 is 0 Å². The number of hydrogen-bond donors (Lipinski definition) is 0. The number of aryl methyl sites for hydroxylation is 1. The van der Waals surface area contributed by atoms with Gasteiger partial charge in [0.1, 0.15) is 0 Å². The maximum atomic E-state index is 3.54. The van der Waals surface area contributed by atoms with Crippen molar-refractivity contribution >= 4 is 59.9 Å². The minimum atomic E-state index is 0.953. The Bertz CT molecular complexity index is 447. The first-order chi connectivity index (χ1) is 6.22. The molecule has 0 saturated heterocycles. The van der Waals surface area contributed by atoms with E-state index in [0.717, 1.165) is 5.33 Å². The fourth-order valence-corrected chi connectivity index (χ4v) is 4.77. The molecule has 0 aliphatic heterocycles. The average Bonchev–Trinajstić information content (AvgIpc) is 2.40. The summed E-state index contributed by atoms with van der Waals surface area (Å²) in [6.07, 6.45) is 0. The summed E-state index contributed by atoms with van der Waals surface area (Å²) in [5.41, 5.74) is 2.77. The minimum Gasteiger partial charge on any atom is -0.129 e. The van der Waals surface area contributed by atoms with Gasteiger partial charge in [0.15, 0.2) is 0 Å². The first-order valence-corrected chi connectivity index (χ1v) is 6.97. The molecular formula is C10H8BrIS. The van der Waals surface area contributed by atoms with E-state index < -0.39 is 0 Å². The predicted molar refractivity (Wildman–Crippen MR) is 71.9 cm³/mol. The smallest absolute Gasteiger partial charge is 0.0706 e. The Labute approximate surface area is 104 Å². The average molecular weight is 367 g/mol. The molecule has 1 heterocycles. The normalized spacial score (nSPS) is 11.0. The molecule has 0 unspecified atom stereocenters. The lowest BCUT2D eigenvalue weighted by Crippen LogP contribution is -1.77. The second-order valence-corrected chi connectivity index (χ2v) is 6.41. The van der Waals surface area contributed by atoms with Crippen molar-refractivity contribution in [3.63, 3.8) is 0 Å². The van der Waals surface area contributed by atoms with Gasteiger partial charge in [-0.2, -0.15) is 0 Å². The molecule has 3 heteroatoms. The van der Waals surface area contributed by atoms with Gasteiger partial charge < -0.3 is 0 Å². The summed E-state index contributed by atoms with van der Waals surface area (Å²) in [4.78, 5) is 0. The molecule has 0 fully saturated rings. The van der Waals surface area contributed by atoms with E-state index in [1.165, 1.54) is 24.1 Å². The van der Waals surface area contributed by atoms with Gasteiger partial charge in [0.05, 0.1) is 2.88 Å². The molecular weight excluding hydrogens is 359 g/mol. The van der Waals surface area contributed by atoms with Crippen molar-refractivity contribution in [2.45, 2.75) is 12.3 Å². The van der Waals surface area contributed by atoms with Gasteiger partial charge >= 0.3 is 0 Å². The Morgan fingerprint density at radius 2 is 2.23 bits per heavy atom. The molecule has 0 nitrogen and oxygen atoms in total. The van der Waals surface area contributed by atoms with E-state index in [9.17, 15) is 0 Å². The fourth-order valence-electron chi connectivity index (χ4n) is 1.36. The molecule has 0 N–H and O–H groups in total. The van der Waals surface area contributed by atoms with Gasteiger partial charge in [0.25, 0.3) is 0 Å². The number of hydrogen-bond acceptors (Lipinski definition) is 1. The van der Waals surface area contributed by atoms with E-state index in [0.29, 0.717) is 0 Å². The van der Waals surface area contributed by atoms with Crippen LogP contribution in [-0.2, 0) is 5.33 Å². The van der Waals surface area contributed by atoms with Crippen LogP contribution in [0.1, 0.15) is 11.1 Å². The molecule has 1 aromatic carbocycles. The summed E-state index contributed by atoms with van der Waals surface area (Å²) >= 11 is 7.82. The number of halogens is 2. The third kappa shape index (κ3) is 1.78. The van der Waals surface area contributed by atoms with Crippen molar-refractivity contribution in [1.29, 1.82) is 0 Å². The predicted octanol–water partition coefficient (Wildman–Crippen LogP) is 4.71. The lowest BCUT2D eigenvalue weighted by atomic mass is 10.1. The second kappa shape index (κ2) is 3.87. The van der Waals surface area contributed by atoms with Crippen LogP contribution in [-0.4, -0.2) is 0 Å². The monoisotopic (exact) mass is 366 g/mol. The van der Waals surface area contributed by atoms with Crippen molar-refractivity contribution in [2.24, 2.45) is 0 Å². The Morgan fingerprint density at radius 3 is 2.92 bits per heavy atom. The number of benzene rings is 1. The first kappa shape index (κ1) is 9.93. The van der Waals surface area contributed by atoms with Gasteiger partial charge in [-0.05, 0) is 46.5 Å². The molecule has 68 valence electrons.